The number of nitrogens with zero attached hydrogens (tertiary/aromatic N) is 1. The lowest BCUT2D eigenvalue weighted by Gasteiger charge is -2.20. The molecule has 0 radical (unpaired) electrons. The van der Waals surface area contributed by atoms with Crippen LogP contribution in [0.2, 0.25) is 0 Å². The normalized spacial score (nSPS) is 10.8. The number of hydrogen-bond donors (Lipinski definition) is 3. The van der Waals surface area contributed by atoms with Gasteiger partial charge in [0.25, 0.3) is 0 Å². The number of carbonyl (C=O) groups excluding carboxylic acids is 1. The molecule has 0 heterocycles. The lowest BCUT2D eigenvalue weighted by atomic mass is 10.2. The van der Waals surface area contributed by atoms with Gasteiger partial charge in [0.15, 0.2) is 0 Å². The van der Waals surface area contributed by atoms with Crippen LogP contribution in [-0.2, 0) is 4.79 Å². The van der Waals surface area contributed by atoms with Crippen LogP contribution in [0.25, 0.3) is 0 Å². The maximum absolute atomic E-state index is 11.6. The van der Waals surface area contributed by atoms with Crippen molar-refractivity contribution in [3.8, 4) is 0 Å². The molecule has 0 rings (SSSR count). The van der Waals surface area contributed by atoms with Crippen molar-refractivity contribution in [2.45, 2.75) is 32.7 Å². The van der Waals surface area contributed by atoms with Crippen molar-refractivity contribution >= 4 is 5.91 Å². The molecule has 0 unspecified atom stereocenters. The molecule has 0 atom stereocenters. The van der Waals surface area contributed by atoms with Gasteiger partial charge in [-0.05, 0) is 13.0 Å². The molecule has 0 aliphatic rings. The molecule has 0 spiro atoms. The number of nitrogens with one attached hydrogen (secondary N) is 1. The molecule has 0 aliphatic heterocycles. The highest BCUT2D eigenvalue weighted by molar-refractivity contribution is 5.76. The van der Waals surface area contributed by atoms with E-state index in [2.05, 4.69) is 19.2 Å². The molecule has 0 fully saturated rings. The van der Waals surface area contributed by atoms with E-state index in [9.17, 15) is 4.79 Å². The fourth-order valence-electron chi connectivity index (χ4n) is 1.39. The van der Waals surface area contributed by atoms with Crippen molar-refractivity contribution in [3.05, 3.63) is 0 Å². The van der Waals surface area contributed by atoms with Crippen molar-refractivity contribution in [1.29, 1.82) is 0 Å². The van der Waals surface area contributed by atoms with Crippen LogP contribution in [0.5, 0.6) is 0 Å². The molecule has 0 saturated heterocycles. The highest BCUT2D eigenvalue weighted by Gasteiger charge is 2.11. The molecule has 0 saturated carbocycles. The number of aliphatic hydroxyl groups is 2. The maximum Gasteiger partial charge on any atom is 0.222 e. The number of carbonyl (C=O) groups is 1. The molecule has 16 heavy (non-hydrogen) atoms. The van der Waals surface area contributed by atoms with Crippen LogP contribution in [0.1, 0.15) is 26.7 Å². The van der Waals surface area contributed by atoms with Gasteiger partial charge in [-0.2, -0.15) is 0 Å². The van der Waals surface area contributed by atoms with Gasteiger partial charge >= 0.3 is 0 Å². The zero-order chi connectivity index (χ0) is 12.4. The summed E-state index contributed by atoms with van der Waals surface area (Å²) >= 11 is 0. The number of aliphatic hydroxyl groups excluding tert-OH is 2. The van der Waals surface area contributed by atoms with Crippen molar-refractivity contribution in [2.75, 3.05) is 32.8 Å². The quantitative estimate of drug-likeness (QED) is 0.472. The van der Waals surface area contributed by atoms with Gasteiger partial charge in [-0.3, -0.25) is 4.79 Å². The van der Waals surface area contributed by atoms with E-state index in [0.29, 0.717) is 25.6 Å². The van der Waals surface area contributed by atoms with Crippen LogP contribution in [0.3, 0.4) is 0 Å². The number of amides is 1. The van der Waals surface area contributed by atoms with Crippen molar-refractivity contribution in [1.82, 2.24) is 10.2 Å². The number of hydrogen-bond acceptors (Lipinski definition) is 4. The first-order valence-corrected chi connectivity index (χ1v) is 5.84. The average Bonchev–Trinajstić information content (AvgIpc) is 2.23. The Morgan fingerprint density at radius 1 is 1.25 bits per heavy atom. The highest BCUT2D eigenvalue weighted by Crippen LogP contribution is 1.97. The molecule has 3 N–H and O–H groups in total. The molecular weight excluding hydrogens is 208 g/mol. The molecule has 0 aliphatic carbocycles. The van der Waals surface area contributed by atoms with Gasteiger partial charge in [-0.1, -0.05) is 13.8 Å². The average molecular weight is 232 g/mol. The lowest BCUT2D eigenvalue weighted by Crippen LogP contribution is -2.36. The lowest BCUT2D eigenvalue weighted by molar-refractivity contribution is -0.132. The predicted octanol–water partition coefficient (Wildman–Crippen LogP) is -0.422. The first-order valence-electron chi connectivity index (χ1n) is 5.84. The summed E-state index contributed by atoms with van der Waals surface area (Å²) in [6.07, 6.45) is 1.24. The third kappa shape index (κ3) is 7.62. The number of rotatable bonds is 9. The third-order valence-corrected chi connectivity index (χ3v) is 2.21. The molecule has 5 nitrogen and oxygen atoms in total. The first-order chi connectivity index (χ1) is 7.61. The summed E-state index contributed by atoms with van der Waals surface area (Å²) in [5.41, 5.74) is 0. The minimum atomic E-state index is -0.0595. The fourth-order valence-corrected chi connectivity index (χ4v) is 1.39. The van der Waals surface area contributed by atoms with Crippen LogP contribution < -0.4 is 5.32 Å². The predicted molar refractivity (Wildman–Crippen MR) is 63.1 cm³/mol. The Labute approximate surface area is 97.4 Å². The van der Waals surface area contributed by atoms with E-state index in [1.54, 1.807) is 0 Å². The summed E-state index contributed by atoms with van der Waals surface area (Å²) in [4.78, 5) is 13.1. The van der Waals surface area contributed by atoms with E-state index >= 15 is 0 Å². The van der Waals surface area contributed by atoms with Gasteiger partial charge in [0.05, 0.1) is 13.2 Å². The molecule has 96 valence electrons. The zero-order valence-electron chi connectivity index (χ0n) is 10.3. The zero-order valence-corrected chi connectivity index (χ0v) is 10.3. The second-order valence-electron chi connectivity index (χ2n) is 4.04. The van der Waals surface area contributed by atoms with Crippen LogP contribution in [0.15, 0.2) is 0 Å². The van der Waals surface area contributed by atoms with Gasteiger partial charge in [-0.15, -0.1) is 0 Å². The van der Waals surface area contributed by atoms with E-state index in [4.69, 9.17) is 10.2 Å². The standard InChI is InChI=1S/C11H24N2O3/c1-10(2)12-5-3-4-11(16)13(6-8-14)7-9-15/h10,12,14-15H,3-9H2,1-2H3. The molecule has 1 amide bonds. The second kappa shape index (κ2) is 9.57. The summed E-state index contributed by atoms with van der Waals surface area (Å²) in [5, 5.41) is 20.8. The first kappa shape index (κ1) is 15.3. The molecule has 0 aromatic rings. The third-order valence-electron chi connectivity index (χ3n) is 2.21. The smallest absolute Gasteiger partial charge is 0.222 e. The molecular formula is C11H24N2O3. The topological polar surface area (TPSA) is 72.8 Å². The summed E-state index contributed by atoms with van der Waals surface area (Å²) < 4.78 is 0. The molecule has 0 bridgehead atoms. The van der Waals surface area contributed by atoms with E-state index in [-0.39, 0.29) is 19.1 Å². The van der Waals surface area contributed by atoms with Crippen LogP contribution in [0, 0.1) is 0 Å². The Balaban J connectivity index is 3.73. The van der Waals surface area contributed by atoms with Crippen molar-refractivity contribution in [3.63, 3.8) is 0 Å². The Bertz CT molecular complexity index is 180. The van der Waals surface area contributed by atoms with Crippen molar-refractivity contribution in [2.24, 2.45) is 0 Å². The summed E-state index contributed by atoms with van der Waals surface area (Å²) in [6, 6.07) is 0.432. The van der Waals surface area contributed by atoms with Gasteiger partial charge in [0.2, 0.25) is 5.91 Å². The summed E-state index contributed by atoms with van der Waals surface area (Å²) in [6.45, 7) is 5.42. The Morgan fingerprint density at radius 3 is 2.25 bits per heavy atom. The van der Waals surface area contributed by atoms with E-state index in [1.165, 1.54) is 4.90 Å². The Kier molecular flexibility index (Phi) is 9.18. The van der Waals surface area contributed by atoms with Gasteiger partial charge in [-0.25, -0.2) is 0 Å². The Morgan fingerprint density at radius 2 is 1.81 bits per heavy atom. The van der Waals surface area contributed by atoms with E-state index in [1.807, 2.05) is 0 Å². The summed E-state index contributed by atoms with van der Waals surface area (Å²) in [5.74, 6) is -0.00587. The van der Waals surface area contributed by atoms with Crippen LogP contribution in [-0.4, -0.2) is 59.9 Å². The Hall–Kier alpha value is -0.650. The van der Waals surface area contributed by atoms with Gasteiger partial charge < -0.3 is 20.4 Å². The van der Waals surface area contributed by atoms with Gasteiger partial charge in [0, 0.05) is 25.6 Å². The van der Waals surface area contributed by atoms with E-state index in [0.717, 1.165) is 13.0 Å². The molecule has 0 aromatic heterocycles. The minimum absolute atomic E-state index is 0.00587. The fraction of sp³-hybridized carbons (Fsp3) is 0.909. The highest BCUT2D eigenvalue weighted by atomic mass is 16.3. The van der Waals surface area contributed by atoms with E-state index < -0.39 is 0 Å². The monoisotopic (exact) mass is 232 g/mol. The maximum atomic E-state index is 11.6. The minimum Gasteiger partial charge on any atom is -0.395 e. The summed E-state index contributed by atoms with van der Waals surface area (Å²) in [7, 11) is 0. The van der Waals surface area contributed by atoms with Crippen LogP contribution in [0.4, 0.5) is 0 Å². The molecule has 0 aromatic carbocycles. The van der Waals surface area contributed by atoms with Crippen LogP contribution >= 0.6 is 0 Å². The van der Waals surface area contributed by atoms with Gasteiger partial charge in [0.1, 0.15) is 0 Å². The molecule has 5 heteroatoms. The SMILES string of the molecule is CC(C)NCCCC(=O)N(CCO)CCO. The van der Waals surface area contributed by atoms with Crippen molar-refractivity contribution < 1.29 is 15.0 Å². The largest absolute Gasteiger partial charge is 0.395 e. The second-order valence-corrected chi connectivity index (χ2v) is 4.04.